The van der Waals surface area contributed by atoms with Crippen molar-refractivity contribution in [3.8, 4) is 0 Å². The Labute approximate surface area is 87.9 Å². The molecule has 0 amide bonds. The molecule has 1 heterocycles. The Balaban J connectivity index is 2.81. The van der Waals surface area contributed by atoms with Crippen LogP contribution in [0.3, 0.4) is 0 Å². The lowest BCUT2D eigenvalue weighted by Gasteiger charge is -2.12. The number of thiazole rings is 1. The number of rotatable bonds is 4. The number of sulfonamides is 1. The van der Waals surface area contributed by atoms with Gasteiger partial charge in [-0.2, -0.15) is 4.31 Å². The summed E-state index contributed by atoms with van der Waals surface area (Å²) in [5, 5.41) is 0.948. The van der Waals surface area contributed by atoms with Gasteiger partial charge < -0.3 is 0 Å². The Kier molecular flexibility index (Phi) is 3.41. The average Bonchev–Trinajstić information content (AvgIpc) is 2.52. The number of hydrogen-bond acceptors (Lipinski definition) is 4. The first-order chi connectivity index (χ1) is 6.47. The van der Waals surface area contributed by atoms with Crippen LogP contribution in [-0.4, -0.2) is 24.8 Å². The van der Waals surface area contributed by atoms with E-state index in [1.807, 2.05) is 6.92 Å². The van der Waals surface area contributed by atoms with Crippen LogP contribution in [0.15, 0.2) is 17.5 Å². The molecule has 0 radical (unpaired) electrons. The fraction of sp³-hybridized carbons (Fsp3) is 0.375. The van der Waals surface area contributed by atoms with Gasteiger partial charge in [0.25, 0.3) is 0 Å². The quantitative estimate of drug-likeness (QED) is 0.787. The van der Waals surface area contributed by atoms with Crippen LogP contribution in [0.4, 0.5) is 0 Å². The number of aromatic nitrogens is 1. The molecule has 0 saturated carbocycles. The molecule has 0 bridgehead atoms. The van der Waals surface area contributed by atoms with Crippen molar-refractivity contribution in [3.63, 3.8) is 0 Å². The summed E-state index contributed by atoms with van der Waals surface area (Å²) in [4.78, 5) is 5.01. The van der Waals surface area contributed by atoms with Crippen LogP contribution in [-0.2, 0) is 16.6 Å². The van der Waals surface area contributed by atoms with Gasteiger partial charge in [0.1, 0.15) is 0 Å². The first-order valence-electron chi connectivity index (χ1n) is 3.95. The van der Waals surface area contributed by atoms with E-state index in [9.17, 15) is 8.42 Å². The zero-order chi connectivity index (χ0) is 10.8. The van der Waals surface area contributed by atoms with Crippen LogP contribution in [0.5, 0.6) is 0 Å². The van der Waals surface area contributed by atoms with Crippen LogP contribution >= 0.6 is 11.3 Å². The molecule has 0 aliphatic rings. The van der Waals surface area contributed by atoms with Gasteiger partial charge >= 0.3 is 0 Å². The third-order valence-corrected chi connectivity index (χ3v) is 4.20. The number of hydrogen-bond donors (Lipinski definition) is 0. The summed E-state index contributed by atoms with van der Waals surface area (Å²) in [5.41, 5.74) is 2.58. The Bertz CT molecular complexity index is 422. The second-order valence-corrected chi connectivity index (χ2v) is 5.75. The maximum atomic E-state index is 11.3. The second-order valence-electron chi connectivity index (χ2n) is 2.83. The Morgan fingerprint density at radius 1 is 1.71 bits per heavy atom. The van der Waals surface area contributed by atoms with E-state index in [0.29, 0.717) is 6.54 Å². The Morgan fingerprint density at radius 3 is 2.79 bits per heavy atom. The zero-order valence-electron chi connectivity index (χ0n) is 8.10. The van der Waals surface area contributed by atoms with E-state index in [1.165, 1.54) is 22.7 Å². The SMILES string of the molecule is C=CS(=O)(=O)N(C)Cc1scnc1C. The van der Waals surface area contributed by atoms with Gasteiger partial charge in [-0.25, -0.2) is 13.4 Å². The predicted molar refractivity (Wildman–Crippen MR) is 57.4 cm³/mol. The highest BCUT2D eigenvalue weighted by atomic mass is 32.2. The van der Waals surface area contributed by atoms with Gasteiger partial charge in [0.15, 0.2) is 0 Å². The van der Waals surface area contributed by atoms with Gasteiger partial charge in [-0.15, -0.1) is 11.3 Å². The van der Waals surface area contributed by atoms with Crippen molar-refractivity contribution < 1.29 is 8.42 Å². The third-order valence-electron chi connectivity index (χ3n) is 1.86. The normalized spacial score (nSPS) is 11.9. The van der Waals surface area contributed by atoms with E-state index in [-0.39, 0.29) is 0 Å². The van der Waals surface area contributed by atoms with Crippen molar-refractivity contribution in [2.75, 3.05) is 7.05 Å². The zero-order valence-corrected chi connectivity index (χ0v) is 9.73. The molecule has 0 fully saturated rings. The fourth-order valence-corrected chi connectivity index (χ4v) is 2.37. The van der Waals surface area contributed by atoms with E-state index in [0.717, 1.165) is 16.0 Å². The van der Waals surface area contributed by atoms with Crippen molar-refractivity contribution in [1.82, 2.24) is 9.29 Å². The summed E-state index contributed by atoms with van der Waals surface area (Å²) < 4.78 is 23.9. The molecule has 0 spiro atoms. The molecule has 14 heavy (non-hydrogen) atoms. The summed E-state index contributed by atoms with van der Waals surface area (Å²) in [5.74, 6) is 0. The van der Waals surface area contributed by atoms with Crippen LogP contribution in [0, 0.1) is 6.92 Å². The van der Waals surface area contributed by atoms with Crippen molar-refractivity contribution in [2.45, 2.75) is 13.5 Å². The first kappa shape index (κ1) is 11.4. The van der Waals surface area contributed by atoms with Gasteiger partial charge in [0.2, 0.25) is 10.0 Å². The van der Waals surface area contributed by atoms with E-state index >= 15 is 0 Å². The maximum absolute atomic E-state index is 11.3. The van der Waals surface area contributed by atoms with Crippen LogP contribution in [0.25, 0.3) is 0 Å². The highest BCUT2D eigenvalue weighted by molar-refractivity contribution is 7.91. The summed E-state index contributed by atoms with van der Waals surface area (Å²) in [6.45, 7) is 5.48. The molecule has 4 nitrogen and oxygen atoms in total. The van der Waals surface area contributed by atoms with E-state index in [1.54, 1.807) is 5.51 Å². The largest absolute Gasteiger partial charge is 0.250 e. The van der Waals surface area contributed by atoms with Crippen molar-refractivity contribution in [2.24, 2.45) is 0 Å². The van der Waals surface area contributed by atoms with Gasteiger partial charge in [-0.1, -0.05) is 6.58 Å². The van der Waals surface area contributed by atoms with Gasteiger partial charge in [-0.05, 0) is 6.92 Å². The monoisotopic (exact) mass is 232 g/mol. The Morgan fingerprint density at radius 2 is 2.36 bits per heavy atom. The van der Waals surface area contributed by atoms with E-state index in [2.05, 4.69) is 11.6 Å². The van der Waals surface area contributed by atoms with Crippen molar-refractivity contribution >= 4 is 21.4 Å². The van der Waals surface area contributed by atoms with Crippen LogP contribution in [0.2, 0.25) is 0 Å². The summed E-state index contributed by atoms with van der Waals surface area (Å²) in [6, 6.07) is 0. The highest BCUT2D eigenvalue weighted by Gasteiger charge is 2.15. The lowest BCUT2D eigenvalue weighted by Crippen LogP contribution is -2.23. The lowest BCUT2D eigenvalue weighted by atomic mass is 10.4. The molecule has 0 aliphatic heterocycles. The molecule has 0 aromatic carbocycles. The van der Waals surface area contributed by atoms with Crippen LogP contribution in [0.1, 0.15) is 10.6 Å². The summed E-state index contributed by atoms with van der Waals surface area (Å²) >= 11 is 1.45. The predicted octanol–water partition coefficient (Wildman–Crippen LogP) is 1.36. The van der Waals surface area contributed by atoms with Gasteiger partial charge in [0.05, 0.1) is 11.2 Å². The fourth-order valence-electron chi connectivity index (χ4n) is 0.897. The molecule has 6 heteroatoms. The maximum Gasteiger partial charge on any atom is 0.235 e. The minimum absolute atomic E-state index is 0.352. The number of nitrogens with zero attached hydrogens (tertiary/aromatic N) is 2. The van der Waals surface area contributed by atoms with Crippen LogP contribution < -0.4 is 0 Å². The van der Waals surface area contributed by atoms with Gasteiger partial charge in [-0.3, -0.25) is 0 Å². The van der Waals surface area contributed by atoms with E-state index < -0.39 is 10.0 Å². The minimum atomic E-state index is -3.31. The molecular weight excluding hydrogens is 220 g/mol. The molecule has 0 unspecified atom stereocenters. The summed E-state index contributed by atoms with van der Waals surface area (Å²) in [6.07, 6.45) is 0. The van der Waals surface area contributed by atoms with Gasteiger partial charge in [0, 0.05) is 23.9 Å². The minimum Gasteiger partial charge on any atom is -0.250 e. The molecule has 1 rings (SSSR count). The van der Waals surface area contributed by atoms with Crippen molar-refractivity contribution in [3.05, 3.63) is 28.1 Å². The standard InChI is InChI=1S/C8H12N2O2S2/c1-4-14(11,12)10(3)5-8-7(2)9-6-13-8/h4,6H,1,5H2,2-3H3. The molecule has 0 saturated heterocycles. The highest BCUT2D eigenvalue weighted by Crippen LogP contribution is 2.15. The molecule has 1 aromatic rings. The molecule has 0 aliphatic carbocycles. The molecule has 78 valence electrons. The smallest absolute Gasteiger partial charge is 0.235 e. The number of aryl methyl sites for hydroxylation is 1. The molecule has 0 atom stereocenters. The van der Waals surface area contributed by atoms with E-state index in [4.69, 9.17) is 0 Å². The van der Waals surface area contributed by atoms with Crippen molar-refractivity contribution in [1.29, 1.82) is 0 Å². The third kappa shape index (κ3) is 2.40. The topological polar surface area (TPSA) is 50.3 Å². The summed E-state index contributed by atoms with van der Waals surface area (Å²) in [7, 11) is -1.79. The second kappa shape index (κ2) is 4.20. The Hall–Kier alpha value is -0.720. The molecule has 1 aromatic heterocycles. The molecule has 0 N–H and O–H groups in total. The average molecular weight is 232 g/mol. The molecular formula is C8H12N2O2S2. The lowest BCUT2D eigenvalue weighted by molar-refractivity contribution is 0.477. The first-order valence-corrected chi connectivity index (χ1v) is 6.33.